The van der Waals surface area contributed by atoms with Crippen molar-refractivity contribution in [2.45, 2.75) is 25.7 Å². The predicted molar refractivity (Wildman–Crippen MR) is 66.0 cm³/mol. The Balaban J connectivity index is 2.61. The van der Waals surface area contributed by atoms with Crippen molar-refractivity contribution in [1.29, 1.82) is 0 Å². The second-order valence-corrected chi connectivity index (χ2v) is 4.98. The summed E-state index contributed by atoms with van der Waals surface area (Å²) in [4.78, 5) is 15.2. The fraction of sp³-hybridized carbons (Fsp3) is 0.385. The molecule has 1 aromatic heterocycles. The topological polar surface area (TPSA) is 55.1 Å². The first kappa shape index (κ1) is 11.6. The summed E-state index contributed by atoms with van der Waals surface area (Å²) in [6, 6.07) is 5.84. The van der Waals surface area contributed by atoms with Crippen molar-refractivity contribution >= 4 is 17.0 Å². The molecule has 0 bridgehead atoms. The molecule has 17 heavy (non-hydrogen) atoms. The van der Waals surface area contributed by atoms with Crippen LogP contribution in [0.2, 0.25) is 0 Å². The molecule has 0 atom stereocenters. The largest absolute Gasteiger partial charge is 0.481 e. The summed E-state index contributed by atoms with van der Waals surface area (Å²) < 4.78 is 1.94. The average Bonchev–Trinajstić information content (AvgIpc) is 2.59. The zero-order chi connectivity index (χ0) is 12.6. The maximum Gasteiger partial charge on any atom is 0.304 e. The molecule has 1 N–H and O–H groups in total. The van der Waals surface area contributed by atoms with Gasteiger partial charge in [0.25, 0.3) is 0 Å². The molecule has 2 aromatic rings. The molecule has 1 heterocycles. The molecule has 0 unspecified atom stereocenters. The zero-order valence-corrected chi connectivity index (χ0v) is 10.3. The lowest BCUT2D eigenvalue weighted by Crippen LogP contribution is -2.22. The van der Waals surface area contributed by atoms with Crippen LogP contribution in [0.4, 0.5) is 0 Å². The van der Waals surface area contributed by atoms with Gasteiger partial charge in [-0.3, -0.25) is 4.79 Å². The molecule has 0 aliphatic carbocycles. The summed E-state index contributed by atoms with van der Waals surface area (Å²) in [5.74, 6) is -0.783. The number of aryl methyl sites for hydroxylation is 1. The van der Waals surface area contributed by atoms with E-state index in [1.165, 1.54) is 0 Å². The predicted octanol–water partition coefficient (Wildman–Crippen LogP) is 2.33. The molecule has 0 saturated carbocycles. The Morgan fingerprint density at radius 3 is 2.82 bits per heavy atom. The van der Waals surface area contributed by atoms with E-state index >= 15 is 0 Å². The zero-order valence-electron chi connectivity index (χ0n) is 10.3. The van der Waals surface area contributed by atoms with Crippen LogP contribution in [0.1, 0.15) is 25.8 Å². The van der Waals surface area contributed by atoms with Crippen molar-refractivity contribution in [1.82, 2.24) is 9.55 Å². The summed E-state index contributed by atoms with van der Waals surface area (Å²) in [5, 5.41) is 8.98. The van der Waals surface area contributed by atoms with Crippen LogP contribution in [-0.4, -0.2) is 20.6 Å². The molecule has 4 nitrogen and oxygen atoms in total. The van der Waals surface area contributed by atoms with E-state index in [-0.39, 0.29) is 6.42 Å². The maximum atomic E-state index is 10.9. The van der Waals surface area contributed by atoms with Crippen LogP contribution < -0.4 is 0 Å². The number of rotatable bonds is 3. The summed E-state index contributed by atoms with van der Waals surface area (Å²) >= 11 is 0. The molecule has 0 amide bonds. The monoisotopic (exact) mass is 232 g/mol. The van der Waals surface area contributed by atoms with E-state index in [0.717, 1.165) is 16.6 Å². The summed E-state index contributed by atoms with van der Waals surface area (Å²) in [5.41, 5.74) is 2.54. The number of aromatic nitrogens is 2. The second-order valence-electron chi connectivity index (χ2n) is 4.98. The van der Waals surface area contributed by atoms with E-state index < -0.39 is 11.4 Å². The SMILES string of the molecule is Cn1cnc2cccc(C(C)(C)CC(=O)O)c21. The van der Waals surface area contributed by atoms with Gasteiger partial charge < -0.3 is 9.67 Å². The number of hydrogen-bond donors (Lipinski definition) is 1. The number of hydrogen-bond acceptors (Lipinski definition) is 2. The molecular weight excluding hydrogens is 216 g/mol. The molecule has 0 radical (unpaired) electrons. The Morgan fingerprint density at radius 2 is 2.18 bits per heavy atom. The Labute approximate surface area is 99.9 Å². The van der Waals surface area contributed by atoms with E-state index in [9.17, 15) is 4.79 Å². The number of fused-ring (bicyclic) bond motifs is 1. The van der Waals surface area contributed by atoms with Gasteiger partial charge in [-0.15, -0.1) is 0 Å². The van der Waals surface area contributed by atoms with E-state index in [2.05, 4.69) is 4.98 Å². The first-order valence-corrected chi connectivity index (χ1v) is 5.54. The number of carboxylic acid groups (broad SMARTS) is 1. The van der Waals surface area contributed by atoms with Crippen LogP contribution >= 0.6 is 0 Å². The third-order valence-corrected chi connectivity index (χ3v) is 3.06. The van der Waals surface area contributed by atoms with Crippen LogP contribution in [0.5, 0.6) is 0 Å². The number of imidazole rings is 1. The molecule has 2 rings (SSSR count). The van der Waals surface area contributed by atoms with Gasteiger partial charge in [-0.25, -0.2) is 4.98 Å². The highest BCUT2D eigenvalue weighted by atomic mass is 16.4. The van der Waals surface area contributed by atoms with Crippen molar-refractivity contribution in [2.24, 2.45) is 7.05 Å². The standard InChI is InChI=1S/C13H16N2O2/c1-13(2,7-11(16)17)9-5-4-6-10-12(9)15(3)8-14-10/h4-6,8H,7H2,1-3H3,(H,16,17). The minimum atomic E-state index is -0.783. The highest BCUT2D eigenvalue weighted by molar-refractivity contribution is 5.81. The van der Waals surface area contributed by atoms with Gasteiger partial charge in [-0.1, -0.05) is 26.0 Å². The van der Waals surface area contributed by atoms with Crippen LogP contribution in [0, 0.1) is 0 Å². The average molecular weight is 232 g/mol. The first-order valence-electron chi connectivity index (χ1n) is 5.54. The van der Waals surface area contributed by atoms with Crippen LogP contribution in [0.15, 0.2) is 24.5 Å². The number of nitrogens with zero attached hydrogens (tertiary/aromatic N) is 2. The lowest BCUT2D eigenvalue weighted by Gasteiger charge is -2.24. The first-order chi connectivity index (χ1) is 7.92. The number of benzene rings is 1. The fourth-order valence-corrected chi connectivity index (χ4v) is 2.23. The van der Waals surface area contributed by atoms with E-state index in [1.54, 1.807) is 6.33 Å². The molecule has 0 aliphatic heterocycles. The number of para-hydroxylation sites is 1. The molecule has 90 valence electrons. The lowest BCUT2D eigenvalue weighted by molar-refractivity contribution is -0.138. The van der Waals surface area contributed by atoms with Gasteiger partial charge in [0.2, 0.25) is 0 Å². The Kier molecular flexibility index (Phi) is 2.65. The van der Waals surface area contributed by atoms with Gasteiger partial charge in [0, 0.05) is 12.5 Å². The molecule has 0 spiro atoms. The normalized spacial score (nSPS) is 11.9. The molecular formula is C13H16N2O2. The smallest absolute Gasteiger partial charge is 0.304 e. The third-order valence-electron chi connectivity index (χ3n) is 3.06. The Bertz CT molecular complexity index is 570. The van der Waals surface area contributed by atoms with Crippen molar-refractivity contribution in [3.8, 4) is 0 Å². The molecule has 1 aromatic carbocycles. The van der Waals surface area contributed by atoms with Crippen molar-refractivity contribution in [3.63, 3.8) is 0 Å². The van der Waals surface area contributed by atoms with Gasteiger partial charge in [-0.05, 0) is 11.6 Å². The van der Waals surface area contributed by atoms with Crippen molar-refractivity contribution in [3.05, 3.63) is 30.1 Å². The van der Waals surface area contributed by atoms with Crippen molar-refractivity contribution in [2.75, 3.05) is 0 Å². The van der Waals surface area contributed by atoms with Crippen molar-refractivity contribution < 1.29 is 9.90 Å². The van der Waals surface area contributed by atoms with Gasteiger partial charge >= 0.3 is 5.97 Å². The van der Waals surface area contributed by atoms with Gasteiger partial charge in [0.05, 0.1) is 23.8 Å². The number of carbonyl (C=O) groups is 1. The van der Waals surface area contributed by atoms with Crippen LogP contribution in [0.3, 0.4) is 0 Å². The quantitative estimate of drug-likeness (QED) is 0.883. The minimum Gasteiger partial charge on any atom is -0.481 e. The summed E-state index contributed by atoms with van der Waals surface area (Å²) in [6.45, 7) is 3.89. The molecule has 4 heteroatoms. The Morgan fingerprint density at radius 1 is 1.47 bits per heavy atom. The van der Waals surface area contributed by atoms with Gasteiger partial charge in [0.15, 0.2) is 0 Å². The number of carboxylic acids is 1. The van der Waals surface area contributed by atoms with Gasteiger partial charge in [0.1, 0.15) is 0 Å². The van der Waals surface area contributed by atoms with E-state index in [4.69, 9.17) is 5.11 Å². The highest BCUT2D eigenvalue weighted by Crippen LogP contribution is 2.32. The molecule has 0 saturated heterocycles. The molecule has 0 fully saturated rings. The minimum absolute atomic E-state index is 0.108. The highest BCUT2D eigenvalue weighted by Gasteiger charge is 2.27. The summed E-state index contributed by atoms with van der Waals surface area (Å²) in [7, 11) is 1.93. The third kappa shape index (κ3) is 2.02. The lowest BCUT2D eigenvalue weighted by atomic mass is 9.81. The maximum absolute atomic E-state index is 10.9. The van der Waals surface area contributed by atoms with Crippen LogP contribution in [0.25, 0.3) is 11.0 Å². The second kappa shape index (κ2) is 3.87. The van der Waals surface area contributed by atoms with E-state index in [1.807, 2.05) is 43.7 Å². The molecule has 0 aliphatic rings. The van der Waals surface area contributed by atoms with Crippen LogP contribution in [-0.2, 0) is 17.3 Å². The van der Waals surface area contributed by atoms with E-state index in [0.29, 0.717) is 0 Å². The number of aliphatic carboxylic acids is 1. The summed E-state index contributed by atoms with van der Waals surface area (Å²) in [6.07, 6.45) is 1.86. The Hall–Kier alpha value is -1.84. The van der Waals surface area contributed by atoms with Gasteiger partial charge in [-0.2, -0.15) is 0 Å². The fourth-order valence-electron chi connectivity index (χ4n) is 2.23.